The summed E-state index contributed by atoms with van der Waals surface area (Å²) in [5.74, 6) is -0.636. The second-order valence-corrected chi connectivity index (χ2v) is 5.46. The Kier molecular flexibility index (Phi) is 8.15. The Morgan fingerprint density at radius 1 is 1.19 bits per heavy atom. The standard InChI is InChI=1S/C16H24F2N2.ClH/c1-2-3-4-5-16(20-10-8-19-9-11-20)14-12-13(17)6-7-15(14)18;/h6-7,12,16,19H,2-5,8-11H2,1H3;1H/t16-;/m0./s1. The van der Waals surface area contributed by atoms with Gasteiger partial charge in [0.25, 0.3) is 0 Å². The lowest BCUT2D eigenvalue weighted by molar-refractivity contribution is 0.159. The molecule has 1 aromatic rings. The number of halogens is 3. The number of unbranched alkanes of at least 4 members (excludes halogenated alkanes) is 2. The zero-order valence-corrected chi connectivity index (χ0v) is 13.4. The molecule has 0 aliphatic carbocycles. The predicted molar refractivity (Wildman–Crippen MR) is 84.9 cm³/mol. The minimum absolute atomic E-state index is 0. The van der Waals surface area contributed by atoms with Gasteiger partial charge >= 0.3 is 0 Å². The molecule has 1 aromatic carbocycles. The minimum atomic E-state index is -0.350. The fraction of sp³-hybridized carbons (Fsp3) is 0.625. The van der Waals surface area contributed by atoms with E-state index in [1.807, 2.05) is 0 Å². The minimum Gasteiger partial charge on any atom is -0.314 e. The van der Waals surface area contributed by atoms with Crippen molar-refractivity contribution in [1.82, 2.24) is 10.2 Å². The van der Waals surface area contributed by atoms with Crippen LogP contribution in [0.15, 0.2) is 18.2 Å². The van der Waals surface area contributed by atoms with Crippen molar-refractivity contribution in [2.24, 2.45) is 0 Å². The van der Waals surface area contributed by atoms with E-state index in [0.717, 1.165) is 51.9 Å². The molecular formula is C16H25ClF2N2. The van der Waals surface area contributed by atoms with Gasteiger partial charge in [-0.3, -0.25) is 4.90 Å². The van der Waals surface area contributed by atoms with Gasteiger partial charge in [-0.1, -0.05) is 26.2 Å². The van der Waals surface area contributed by atoms with Crippen LogP contribution in [-0.4, -0.2) is 31.1 Å². The third-order valence-electron chi connectivity index (χ3n) is 3.99. The maximum atomic E-state index is 14.1. The molecule has 21 heavy (non-hydrogen) atoms. The van der Waals surface area contributed by atoms with E-state index >= 15 is 0 Å². The molecule has 0 unspecified atom stereocenters. The Bertz CT molecular complexity index is 423. The highest BCUT2D eigenvalue weighted by atomic mass is 35.5. The van der Waals surface area contributed by atoms with Crippen molar-refractivity contribution in [1.29, 1.82) is 0 Å². The number of hydrogen-bond acceptors (Lipinski definition) is 2. The maximum Gasteiger partial charge on any atom is 0.128 e. The van der Waals surface area contributed by atoms with Crippen molar-refractivity contribution < 1.29 is 8.78 Å². The summed E-state index contributed by atoms with van der Waals surface area (Å²) in [4.78, 5) is 2.28. The van der Waals surface area contributed by atoms with Crippen molar-refractivity contribution in [3.63, 3.8) is 0 Å². The molecule has 1 N–H and O–H groups in total. The van der Waals surface area contributed by atoms with Crippen LogP contribution in [-0.2, 0) is 0 Å². The molecule has 0 spiro atoms. The van der Waals surface area contributed by atoms with Crippen LogP contribution in [0, 0.1) is 11.6 Å². The SMILES string of the molecule is CCCCC[C@@H](c1cc(F)ccc1F)N1CCNCC1.Cl. The van der Waals surface area contributed by atoms with E-state index in [9.17, 15) is 8.78 Å². The van der Waals surface area contributed by atoms with Crippen molar-refractivity contribution >= 4 is 12.4 Å². The number of benzene rings is 1. The van der Waals surface area contributed by atoms with Gasteiger partial charge in [-0.15, -0.1) is 12.4 Å². The van der Waals surface area contributed by atoms with Gasteiger partial charge in [-0.2, -0.15) is 0 Å². The average molecular weight is 319 g/mol. The van der Waals surface area contributed by atoms with E-state index in [4.69, 9.17) is 0 Å². The van der Waals surface area contributed by atoms with E-state index in [-0.39, 0.29) is 30.1 Å². The molecule has 120 valence electrons. The van der Waals surface area contributed by atoms with Gasteiger partial charge in [-0.25, -0.2) is 8.78 Å². The first-order valence-electron chi connectivity index (χ1n) is 7.62. The summed E-state index contributed by atoms with van der Waals surface area (Å²) in [5.41, 5.74) is 0.517. The van der Waals surface area contributed by atoms with Gasteiger partial charge < -0.3 is 5.32 Å². The van der Waals surface area contributed by atoms with E-state index in [1.54, 1.807) is 0 Å². The fourth-order valence-corrected chi connectivity index (χ4v) is 2.89. The highest BCUT2D eigenvalue weighted by molar-refractivity contribution is 5.85. The van der Waals surface area contributed by atoms with Crippen LogP contribution in [0.4, 0.5) is 8.78 Å². The fourth-order valence-electron chi connectivity index (χ4n) is 2.89. The van der Waals surface area contributed by atoms with Gasteiger partial charge in [0.15, 0.2) is 0 Å². The Morgan fingerprint density at radius 2 is 1.90 bits per heavy atom. The molecule has 1 saturated heterocycles. The number of rotatable bonds is 6. The van der Waals surface area contributed by atoms with E-state index in [1.165, 1.54) is 18.2 Å². The average Bonchev–Trinajstić information content (AvgIpc) is 2.48. The van der Waals surface area contributed by atoms with Crippen LogP contribution >= 0.6 is 12.4 Å². The Labute approximate surface area is 132 Å². The molecule has 1 heterocycles. The van der Waals surface area contributed by atoms with Gasteiger partial charge in [-0.05, 0) is 24.6 Å². The molecule has 0 saturated carbocycles. The normalized spacial score (nSPS) is 17.3. The highest BCUT2D eigenvalue weighted by Gasteiger charge is 2.24. The quantitative estimate of drug-likeness (QED) is 0.800. The Balaban J connectivity index is 0.00000220. The number of piperazine rings is 1. The largest absolute Gasteiger partial charge is 0.314 e. The van der Waals surface area contributed by atoms with Crippen LogP contribution < -0.4 is 5.32 Å². The summed E-state index contributed by atoms with van der Waals surface area (Å²) in [6.07, 6.45) is 4.23. The second kappa shape index (κ2) is 9.34. The Hall–Kier alpha value is -0.710. The van der Waals surface area contributed by atoms with E-state index < -0.39 is 0 Å². The number of hydrogen-bond donors (Lipinski definition) is 1. The number of nitrogens with zero attached hydrogens (tertiary/aromatic N) is 1. The van der Waals surface area contributed by atoms with Crippen LogP contribution in [0.5, 0.6) is 0 Å². The van der Waals surface area contributed by atoms with Gasteiger partial charge in [0, 0.05) is 37.8 Å². The molecule has 0 amide bonds. The van der Waals surface area contributed by atoms with Gasteiger partial charge in [0.2, 0.25) is 0 Å². The molecule has 1 atom stereocenters. The lowest BCUT2D eigenvalue weighted by Gasteiger charge is -2.35. The summed E-state index contributed by atoms with van der Waals surface area (Å²) >= 11 is 0. The lowest BCUT2D eigenvalue weighted by atomic mass is 9.97. The summed E-state index contributed by atoms with van der Waals surface area (Å²) in [7, 11) is 0. The molecule has 0 aromatic heterocycles. The first kappa shape index (κ1) is 18.3. The van der Waals surface area contributed by atoms with E-state index in [2.05, 4.69) is 17.1 Å². The molecule has 0 radical (unpaired) electrons. The summed E-state index contributed by atoms with van der Waals surface area (Å²) < 4.78 is 27.5. The van der Waals surface area contributed by atoms with Crippen LogP contribution in [0.3, 0.4) is 0 Å². The lowest BCUT2D eigenvalue weighted by Crippen LogP contribution is -2.45. The molecule has 2 rings (SSSR count). The summed E-state index contributed by atoms with van der Waals surface area (Å²) in [5, 5.41) is 3.30. The smallest absolute Gasteiger partial charge is 0.128 e. The summed E-state index contributed by atoms with van der Waals surface area (Å²) in [6, 6.07) is 3.81. The van der Waals surface area contributed by atoms with Crippen molar-refractivity contribution in [3.8, 4) is 0 Å². The molecule has 0 bridgehead atoms. The van der Waals surface area contributed by atoms with Crippen LogP contribution in [0.1, 0.15) is 44.2 Å². The monoisotopic (exact) mass is 318 g/mol. The molecule has 1 fully saturated rings. The molecular weight excluding hydrogens is 294 g/mol. The molecule has 2 nitrogen and oxygen atoms in total. The highest BCUT2D eigenvalue weighted by Crippen LogP contribution is 2.29. The molecule has 5 heteroatoms. The topological polar surface area (TPSA) is 15.3 Å². The first-order valence-corrected chi connectivity index (χ1v) is 7.62. The second-order valence-electron chi connectivity index (χ2n) is 5.46. The number of nitrogens with one attached hydrogen (secondary N) is 1. The van der Waals surface area contributed by atoms with Gasteiger partial charge in [0.05, 0.1) is 0 Å². The van der Waals surface area contributed by atoms with Crippen molar-refractivity contribution in [2.75, 3.05) is 26.2 Å². The zero-order chi connectivity index (χ0) is 14.4. The Morgan fingerprint density at radius 3 is 2.57 bits per heavy atom. The van der Waals surface area contributed by atoms with E-state index in [0.29, 0.717) is 5.56 Å². The van der Waals surface area contributed by atoms with Gasteiger partial charge in [0.1, 0.15) is 11.6 Å². The summed E-state index contributed by atoms with van der Waals surface area (Å²) in [6.45, 7) is 5.78. The molecule has 1 aliphatic rings. The van der Waals surface area contributed by atoms with Crippen molar-refractivity contribution in [2.45, 2.75) is 38.6 Å². The zero-order valence-electron chi connectivity index (χ0n) is 12.6. The predicted octanol–water partition coefficient (Wildman–Crippen LogP) is 3.91. The van der Waals surface area contributed by atoms with Crippen molar-refractivity contribution in [3.05, 3.63) is 35.4 Å². The third-order valence-corrected chi connectivity index (χ3v) is 3.99. The van der Waals surface area contributed by atoms with Crippen LogP contribution in [0.2, 0.25) is 0 Å². The maximum absolute atomic E-state index is 14.1. The molecule has 1 aliphatic heterocycles. The first-order chi connectivity index (χ1) is 9.72. The third kappa shape index (κ3) is 5.20. The van der Waals surface area contributed by atoms with Crippen LogP contribution in [0.25, 0.3) is 0 Å².